The average Bonchev–Trinajstić information content (AvgIpc) is 2.37. The van der Waals surface area contributed by atoms with E-state index in [1.54, 1.807) is 0 Å². The van der Waals surface area contributed by atoms with Gasteiger partial charge in [0.25, 0.3) is 0 Å². The molecule has 0 aliphatic heterocycles. The molecule has 2 N–H and O–H groups in total. The number of hydrogen-bond acceptors (Lipinski definition) is 3. The molecule has 0 unspecified atom stereocenters. The topological polar surface area (TPSA) is 48.1 Å². The Balaban J connectivity index is 2.31. The zero-order chi connectivity index (χ0) is 14.1. The Labute approximate surface area is 121 Å². The number of thiocarbonyl (C=S) groups is 1. The summed E-state index contributed by atoms with van der Waals surface area (Å²) in [4.78, 5) is 4.71. The van der Waals surface area contributed by atoms with Crippen molar-refractivity contribution >= 4 is 17.2 Å². The van der Waals surface area contributed by atoms with E-state index in [-0.39, 0.29) is 0 Å². The molecule has 0 aliphatic rings. The minimum atomic E-state index is 0.384. The van der Waals surface area contributed by atoms with Crippen LogP contribution in [0.25, 0.3) is 0 Å². The SMILES string of the molecule is CCCCCCCCOc1cc(C(N)=S)cc(C)n1. The summed E-state index contributed by atoms with van der Waals surface area (Å²) in [7, 11) is 0. The minimum Gasteiger partial charge on any atom is -0.478 e. The Bertz CT molecular complexity index is 407. The molecule has 1 rings (SSSR count). The largest absolute Gasteiger partial charge is 0.478 e. The number of hydrogen-bond donors (Lipinski definition) is 1. The maximum Gasteiger partial charge on any atom is 0.214 e. The number of aromatic nitrogens is 1. The molecule has 19 heavy (non-hydrogen) atoms. The summed E-state index contributed by atoms with van der Waals surface area (Å²) in [6.45, 7) is 4.85. The first-order valence-electron chi connectivity index (χ1n) is 7.04. The average molecular weight is 280 g/mol. The van der Waals surface area contributed by atoms with Crippen molar-refractivity contribution in [2.75, 3.05) is 6.61 Å². The molecule has 3 nitrogen and oxygen atoms in total. The van der Waals surface area contributed by atoms with Crippen LogP contribution in [0.1, 0.15) is 56.7 Å². The third kappa shape index (κ3) is 6.53. The van der Waals surface area contributed by atoms with Crippen molar-refractivity contribution in [3.63, 3.8) is 0 Å². The van der Waals surface area contributed by atoms with E-state index in [0.29, 0.717) is 17.5 Å². The van der Waals surface area contributed by atoms with Crippen LogP contribution < -0.4 is 10.5 Å². The van der Waals surface area contributed by atoms with Crippen LogP contribution in [0.5, 0.6) is 5.88 Å². The maximum atomic E-state index is 5.66. The monoisotopic (exact) mass is 280 g/mol. The molecule has 0 radical (unpaired) electrons. The second-order valence-electron chi connectivity index (χ2n) is 4.82. The van der Waals surface area contributed by atoms with Crippen molar-refractivity contribution in [1.29, 1.82) is 0 Å². The maximum absolute atomic E-state index is 5.66. The molecule has 4 heteroatoms. The molecule has 1 aromatic rings. The first-order valence-corrected chi connectivity index (χ1v) is 7.45. The summed E-state index contributed by atoms with van der Waals surface area (Å²) >= 11 is 4.97. The van der Waals surface area contributed by atoms with E-state index in [2.05, 4.69) is 11.9 Å². The minimum absolute atomic E-state index is 0.384. The molecule has 0 spiro atoms. The van der Waals surface area contributed by atoms with Crippen LogP contribution >= 0.6 is 12.2 Å². The highest BCUT2D eigenvalue weighted by Gasteiger charge is 2.03. The number of nitrogens with two attached hydrogens (primary N) is 1. The van der Waals surface area contributed by atoms with Gasteiger partial charge in [-0.25, -0.2) is 4.98 Å². The Morgan fingerprint density at radius 2 is 1.89 bits per heavy atom. The van der Waals surface area contributed by atoms with Crippen molar-refractivity contribution in [2.24, 2.45) is 5.73 Å². The number of aryl methyl sites for hydroxylation is 1. The molecule has 0 saturated heterocycles. The lowest BCUT2D eigenvalue weighted by molar-refractivity contribution is 0.292. The number of nitrogens with zero attached hydrogens (tertiary/aromatic N) is 1. The summed E-state index contributed by atoms with van der Waals surface area (Å²) < 4.78 is 5.66. The van der Waals surface area contributed by atoms with Crippen molar-refractivity contribution in [3.05, 3.63) is 23.4 Å². The van der Waals surface area contributed by atoms with E-state index in [1.807, 2.05) is 19.1 Å². The van der Waals surface area contributed by atoms with Gasteiger partial charge in [0.2, 0.25) is 5.88 Å². The molecule has 0 aromatic carbocycles. The lowest BCUT2D eigenvalue weighted by Crippen LogP contribution is -2.11. The van der Waals surface area contributed by atoms with E-state index >= 15 is 0 Å². The summed E-state index contributed by atoms with van der Waals surface area (Å²) in [6.07, 6.45) is 7.51. The Morgan fingerprint density at radius 1 is 1.21 bits per heavy atom. The van der Waals surface area contributed by atoms with Gasteiger partial charge in [-0.3, -0.25) is 0 Å². The molecular formula is C15H24N2OS. The van der Waals surface area contributed by atoms with Gasteiger partial charge in [-0.15, -0.1) is 0 Å². The highest BCUT2D eigenvalue weighted by molar-refractivity contribution is 7.80. The zero-order valence-corrected chi connectivity index (χ0v) is 12.8. The Hall–Kier alpha value is -1.16. The molecule has 0 amide bonds. The Morgan fingerprint density at radius 3 is 2.58 bits per heavy atom. The molecule has 0 atom stereocenters. The normalized spacial score (nSPS) is 10.4. The molecule has 0 fully saturated rings. The number of rotatable bonds is 9. The second kappa shape index (κ2) is 8.86. The summed E-state index contributed by atoms with van der Waals surface area (Å²) in [5, 5.41) is 0. The van der Waals surface area contributed by atoms with Gasteiger partial charge in [0.15, 0.2) is 0 Å². The summed E-state index contributed by atoms with van der Waals surface area (Å²) in [6, 6.07) is 3.69. The van der Waals surface area contributed by atoms with E-state index in [4.69, 9.17) is 22.7 Å². The lowest BCUT2D eigenvalue weighted by Gasteiger charge is -2.08. The first-order chi connectivity index (χ1) is 9.13. The molecule has 0 bridgehead atoms. The van der Waals surface area contributed by atoms with Gasteiger partial charge in [-0.2, -0.15) is 0 Å². The van der Waals surface area contributed by atoms with Gasteiger partial charge < -0.3 is 10.5 Å². The molecule has 1 aromatic heterocycles. The first kappa shape index (κ1) is 15.9. The lowest BCUT2D eigenvalue weighted by atomic mass is 10.1. The van der Waals surface area contributed by atoms with E-state index < -0.39 is 0 Å². The van der Waals surface area contributed by atoms with Crippen LogP contribution in [0.15, 0.2) is 12.1 Å². The van der Waals surface area contributed by atoms with Crippen molar-refractivity contribution in [1.82, 2.24) is 4.98 Å². The van der Waals surface area contributed by atoms with Gasteiger partial charge in [0, 0.05) is 17.3 Å². The molecule has 0 aliphatic carbocycles. The Kier molecular flexibility index (Phi) is 7.41. The number of pyridine rings is 1. The van der Waals surface area contributed by atoms with Gasteiger partial charge in [0.05, 0.1) is 6.61 Å². The van der Waals surface area contributed by atoms with Gasteiger partial charge in [-0.1, -0.05) is 51.2 Å². The van der Waals surface area contributed by atoms with Gasteiger partial charge in [0.1, 0.15) is 4.99 Å². The summed E-state index contributed by atoms with van der Waals surface area (Å²) in [5.41, 5.74) is 7.32. The third-order valence-corrected chi connectivity index (χ3v) is 3.20. The number of ether oxygens (including phenoxy) is 1. The molecule has 0 saturated carbocycles. The van der Waals surface area contributed by atoms with Crippen molar-refractivity contribution in [3.8, 4) is 5.88 Å². The van der Waals surface area contributed by atoms with Crippen LogP contribution in [-0.2, 0) is 0 Å². The molecule has 106 valence electrons. The predicted molar refractivity (Wildman–Crippen MR) is 83.7 cm³/mol. The highest BCUT2D eigenvalue weighted by atomic mass is 32.1. The smallest absolute Gasteiger partial charge is 0.214 e. The molecular weight excluding hydrogens is 256 g/mol. The zero-order valence-electron chi connectivity index (χ0n) is 11.9. The molecule has 1 heterocycles. The van der Waals surface area contributed by atoms with Crippen LogP contribution in [-0.4, -0.2) is 16.6 Å². The fourth-order valence-corrected chi connectivity index (χ4v) is 2.03. The van der Waals surface area contributed by atoms with Crippen LogP contribution in [0.2, 0.25) is 0 Å². The fourth-order valence-electron chi connectivity index (χ4n) is 1.91. The van der Waals surface area contributed by atoms with Crippen molar-refractivity contribution in [2.45, 2.75) is 52.4 Å². The van der Waals surface area contributed by atoms with Crippen LogP contribution in [0.3, 0.4) is 0 Å². The second-order valence-corrected chi connectivity index (χ2v) is 5.26. The standard InChI is InChI=1S/C15H24N2OS/c1-3-4-5-6-7-8-9-18-14-11-13(15(16)19)10-12(2)17-14/h10-11H,3-9H2,1-2H3,(H2,16,19). The van der Waals surface area contributed by atoms with E-state index in [1.165, 1.54) is 32.1 Å². The third-order valence-electron chi connectivity index (χ3n) is 2.96. The summed E-state index contributed by atoms with van der Waals surface area (Å²) in [5.74, 6) is 0.622. The predicted octanol–water partition coefficient (Wildman–Crippen LogP) is 3.76. The van der Waals surface area contributed by atoms with Crippen LogP contribution in [0.4, 0.5) is 0 Å². The van der Waals surface area contributed by atoms with E-state index in [0.717, 1.165) is 17.7 Å². The number of unbranched alkanes of at least 4 members (excludes halogenated alkanes) is 5. The highest BCUT2D eigenvalue weighted by Crippen LogP contribution is 2.13. The quantitative estimate of drug-likeness (QED) is 0.552. The van der Waals surface area contributed by atoms with E-state index in [9.17, 15) is 0 Å². The van der Waals surface area contributed by atoms with Gasteiger partial charge in [-0.05, 0) is 19.4 Å². The van der Waals surface area contributed by atoms with Crippen molar-refractivity contribution < 1.29 is 4.74 Å². The van der Waals surface area contributed by atoms with Gasteiger partial charge >= 0.3 is 0 Å². The fraction of sp³-hybridized carbons (Fsp3) is 0.600. The van der Waals surface area contributed by atoms with Crippen LogP contribution in [0, 0.1) is 6.92 Å².